The van der Waals surface area contributed by atoms with E-state index >= 15 is 0 Å². The minimum absolute atomic E-state index is 0.0443. The smallest absolute Gasteiger partial charge is 0.361 e. The predicted octanol–water partition coefficient (Wildman–Crippen LogP) is 3.70. The maximum atomic E-state index is 13.4. The number of rotatable bonds is 7. The second-order valence-corrected chi connectivity index (χ2v) is 10.1. The van der Waals surface area contributed by atoms with Crippen molar-refractivity contribution in [1.29, 1.82) is 0 Å². The van der Waals surface area contributed by atoms with Crippen LogP contribution in [0.5, 0.6) is 0 Å². The number of likely N-dealkylation sites (tertiary alicyclic amines) is 1. The number of nitrogens with zero attached hydrogens (tertiary/aromatic N) is 1. The highest BCUT2D eigenvalue weighted by atomic mass is 19.4. The molecule has 1 saturated heterocycles. The summed E-state index contributed by atoms with van der Waals surface area (Å²) in [5.74, 6) is -2.87. The standard InChI is InChI=1S/C28H29F3N4O4/c29-28(30,31)27(38)39-35(17-18-6-2-1-3-7-18)15-5-4-8-23(35)26(37)33-13-11-19-16-34-22-10-9-21-20(24(19)22)12-14-32-25(21)36/h1-3,6-7,9-10,16,23H,4-5,8,11-15,17H2,(H2-,32,33,34,36,37)/p+1. The van der Waals surface area contributed by atoms with Crippen LogP contribution in [0.4, 0.5) is 13.2 Å². The van der Waals surface area contributed by atoms with Crippen LogP contribution in [0.15, 0.2) is 48.7 Å². The molecule has 2 atom stereocenters. The first-order valence-electron chi connectivity index (χ1n) is 13.1. The van der Waals surface area contributed by atoms with Crippen molar-refractivity contribution in [3.63, 3.8) is 0 Å². The van der Waals surface area contributed by atoms with Crippen LogP contribution in [0.3, 0.4) is 0 Å². The lowest BCUT2D eigenvalue weighted by Crippen LogP contribution is -2.64. The molecule has 206 valence electrons. The number of nitrogens with one attached hydrogen (secondary N) is 3. The quantitative estimate of drug-likeness (QED) is 0.396. The first-order chi connectivity index (χ1) is 18.7. The summed E-state index contributed by atoms with van der Waals surface area (Å²) in [5, 5.41) is 6.68. The highest BCUT2D eigenvalue weighted by Gasteiger charge is 2.53. The Hall–Kier alpha value is -3.86. The van der Waals surface area contributed by atoms with Gasteiger partial charge < -0.3 is 15.6 Å². The van der Waals surface area contributed by atoms with Gasteiger partial charge in [-0.25, -0.2) is 4.79 Å². The summed E-state index contributed by atoms with van der Waals surface area (Å²) in [5.41, 5.74) is 4.10. The molecule has 2 amide bonds. The van der Waals surface area contributed by atoms with Crippen LogP contribution < -0.4 is 10.6 Å². The van der Waals surface area contributed by atoms with Crippen molar-refractivity contribution >= 4 is 28.7 Å². The Morgan fingerprint density at radius 1 is 1.10 bits per heavy atom. The first kappa shape index (κ1) is 26.7. The van der Waals surface area contributed by atoms with E-state index in [0.717, 1.165) is 22.0 Å². The van der Waals surface area contributed by atoms with Crippen molar-refractivity contribution < 1.29 is 37.0 Å². The van der Waals surface area contributed by atoms with E-state index in [4.69, 9.17) is 4.84 Å². The summed E-state index contributed by atoms with van der Waals surface area (Å²) in [6.45, 7) is 0.839. The number of aromatic nitrogens is 1. The fraction of sp³-hybridized carbons (Fsp3) is 0.393. The molecule has 2 aliphatic rings. The highest BCUT2D eigenvalue weighted by molar-refractivity contribution is 6.03. The van der Waals surface area contributed by atoms with Gasteiger partial charge in [-0.15, -0.1) is 4.65 Å². The third-order valence-electron chi connectivity index (χ3n) is 7.56. The van der Waals surface area contributed by atoms with Crippen molar-refractivity contribution in [3.8, 4) is 0 Å². The maximum Gasteiger partial charge on any atom is 0.497 e. The minimum atomic E-state index is -5.17. The van der Waals surface area contributed by atoms with Crippen LogP contribution in [-0.2, 0) is 33.8 Å². The first-order valence-corrected chi connectivity index (χ1v) is 13.1. The number of hydrogen-bond acceptors (Lipinski definition) is 4. The van der Waals surface area contributed by atoms with E-state index in [2.05, 4.69) is 15.6 Å². The zero-order valence-electron chi connectivity index (χ0n) is 21.3. The molecule has 0 aliphatic carbocycles. The summed E-state index contributed by atoms with van der Waals surface area (Å²) in [4.78, 5) is 46.1. The normalized spacial score (nSPS) is 21.2. The largest absolute Gasteiger partial charge is 0.497 e. The Bertz CT molecular complexity index is 1390. The van der Waals surface area contributed by atoms with Gasteiger partial charge in [0.25, 0.3) is 11.8 Å². The average molecular weight is 544 g/mol. The van der Waals surface area contributed by atoms with Gasteiger partial charge >= 0.3 is 12.1 Å². The minimum Gasteiger partial charge on any atom is -0.361 e. The molecular formula is C28H30F3N4O4+. The molecule has 5 rings (SSSR count). The van der Waals surface area contributed by atoms with Gasteiger partial charge in [-0.1, -0.05) is 30.3 Å². The van der Waals surface area contributed by atoms with Crippen molar-refractivity contribution in [2.24, 2.45) is 0 Å². The molecule has 39 heavy (non-hydrogen) atoms. The third-order valence-corrected chi connectivity index (χ3v) is 7.56. The lowest BCUT2D eigenvalue weighted by Gasteiger charge is -2.42. The van der Waals surface area contributed by atoms with E-state index in [1.54, 1.807) is 36.4 Å². The lowest BCUT2D eigenvalue weighted by molar-refractivity contribution is -1.11. The number of amides is 2. The number of carbonyl (C=O) groups excluding carboxylic acids is 3. The Morgan fingerprint density at radius 3 is 2.67 bits per heavy atom. The van der Waals surface area contributed by atoms with Gasteiger partial charge in [0, 0.05) is 54.2 Å². The van der Waals surface area contributed by atoms with Crippen LogP contribution in [-0.4, -0.2) is 59.3 Å². The molecule has 3 heterocycles. The number of benzene rings is 2. The van der Waals surface area contributed by atoms with Gasteiger partial charge in [0.2, 0.25) is 6.04 Å². The van der Waals surface area contributed by atoms with Crippen LogP contribution in [0.1, 0.15) is 46.3 Å². The molecule has 3 N–H and O–H groups in total. The predicted molar refractivity (Wildman–Crippen MR) is 136 cm³/mol. The van der Waals surface area contributed by atoms with E-state index < -0.39 is 28.7 Å². The Morgan fingerprint density at radius 2 is 1.90 bits per heavy atom. The van der Waals surface area contributed by atoms with E-state index in [1.165, 1.54) is 0 Å². The molecule has 1 fully saturated rings. The summed E-state index contributed by atoms with van der Waals surface area (Å²) in [6.07, 6.45) is -0.724. The number of piperidine rings is 1. The molecule has 2 aliphatic heterocycles. The van der Waals surface area contributed by atoms with Crippen LogP contribution in [0.2, 0.25) is 0 Å². The average Bonchev–Trinajstić information content (AvgIpc) is 3.32. The molecule has 2 unspecified atom stereocenters. The van der Waals surface area contributed by atoms with Gasteiger partial charge in [0.05, 0.1) is 0 Å². The molecular weight excluding hydrogens is 513 g/mol. The number of hydroxylamine groups is 3. The zero-order valence-corrected chi connectivity index (χ0v) is 21.3. The topological polar surface area (TPSA) is 100 Å². The maximum absolute atomic E-state index is 13.4. The number of H-pyrrole nitrogens is 1. The van der Waals surface area contributed by atoms with E-state index in [1.807, 2.05) is 12.3 Å². The molecule has 0 radical (unpaired) electrons. The fourth-order valence-corrected chi connectivity index (χ4v) is 5.77. The Balaban J connectivity index is 1.35. The Kier molecular flexibility index (Phi) is 7.35. The zero-order chi connectivity index (χ0) is 27.6. The number of alkyl halides is 3. The monoisotopic (exact) mass is 543 g/mol. The SMILES string of the molecule is O=C1NCCc2c1ccc1[nH]cc(CCNC(=O)C3CCCC[N+]3(Cc3ccccc3)OC(=O)C(F)(F)F)c21. The van der Waals surface area contributed by atoms with Gasteiger partial charge in [-0.3, -0.25) is 14.4 Å². The second kappa shape index (κ2) is 10.7. The van der Waals surface area contributed by atoms with Gasteiger partial charge in [0.15, 0.2) is 0 Å². The summed E-state index contributed by atoms with van der Waals surface area (Å²) >= 11 is 0. The number of carbonyl (C=O) groups is 3. The molecule has 0 saturated carbocycles. The number of quaternary nitrogens is 1. The molecule has 0 bridgehead atoms. The fourth-order valence-electron chi connectivity index (χ4n) is 5.77. The van der Waals surface area contributed by atoms with Gasteiger partial charge in [-0.2, -0.15) is 13.2 Å². The van der Waals surface area contributed by atoms with E-state index in [-0.39, 0.29) is 25.5 Å². The third kappa shape index (κ3) is 5.49. The number of hydrogen-bond donors (Lipinski definition) is 3. The van der Waals surface area contributed by atoms with Crippen LogP contribution in [0, 0.1) is 0 Å². The van der Waals surface area contributed by atoms with Crippen molar-refractivity contribution in [1.82, 2.24) is 15.6 Å². The lowest BCUT2D eigenvalue weighted by atomic mass is 9.94. The van der Waals surface area contributed by atoms with Gasteiger partial charge in [0.1, 0.15) is 13.1 Å². The van der Waals surface area contributed by atoms with Crippen molar-refractivity contribution in [3.05, 3.63) is 70.9 Å². The summed E-state index contributed by atoms with van der Waals surface area (Å²) < 4.78 is 39.0. The molecule has 3 aromatic rings. The second-order valence-electron chi connectivity index (χ2n) is 10.1. The molecule has 11 heteroatoms. The van der Waals surface area contributed by atoms with Crippen LogP contribution >= 0.6 is 0 Å². The van der Waals surface area contributed by atoms with E-state index in [0.29, 0.717) is 49.8 Å². The Labute approximate surface area is 223 Å². The summed E-state index contributed by atoms with van der Waals surface area (Å²) in [6, 6.07) is 11.4. The van der Waals surface area contributed by atoms with E-state index in [9.17, 15) is 27.6 Å². The van der Waals surface area contributed by atoms with Crippen LogP contribution in [0.25, 0.3) is 10.9 Å². The van der Waals surface area contributed by atoms with Gasteiger partial charge in [-0.05, 0) is 42.5 Å². The van der Waals surface area contributed by atoms with Crippen molar-refractivity contribution in [2.45, 2.75) is 50.9 Å². The number of halogens is 3. The summed E-state index contributed by atoms with van der Waals surface area (Å²) in [7, 11) is 0. The highest BCUT2D eigenvalue weighted by Crippen LogP contribution is 2.33. The molecule has 1 aromatic heterocycles. The molecule has 0 spiro atoms. The van der Waals surface area contributed by atoms with Crippen molar-refractivity contribution in [2.75, 3.05) is 19.6 Å². The number of aromatic amines is 1. The molecule has 2 aromatic carbocycles. The number of fused-ring (bicyclic) bond motifs is 3. The molecule has 8 nitrogen and oxygen atoms in total.